The molecule has 0 radical (unpaired) electrons. The lowest BCUT2D eigenvalue weighted by atomic mass is 9.83. The number of aromatic nitrogens is 3. The van der Waals surface area contributed by atoms with E-state index in [9.17, 15) is 0 Å². The quantitative estimate of drug-likeness (QED) is 0.0862. The van der Waals surface area contributed by atoms with Crippen LogP contribution in [0.4, 0.5) is 8.63 Å². The molecule has 8 heteroatoms. The van der Waals surface area contributed by atoms with Crippen LogP contribution in [0.5, 0.6) is 0 Å². The first-order valence-electron chi connectivity index (χ1n) is 20.4. The third kappa shape index (κ3) is 5.84. The van der Waals surface area contributed by atoms with Crippen LogP contribution >= 0.6 is 22.6 Å². The molecule has 0 atom stereocenters. The van der Waals surface area contributed by atoms with Crippen molar-refractivity contribution < 1.29 is 13.1 Å². The first-order chi connectivity index (χ1) is 29.5. The Morgan fingerprint density at radius 3 is 1.70 bits per heavy atom. The highest BCUT2D eigenvalue weighted by Crippen LogP contribution is 2.47. The number of rotatable bonds is 7. The maximum Gasteiger partial charge on any atom is 0.737 e. The smallest absolute Gasteiger partial charge is 0.389 e. The molecule has 5 heterocycles. The summed E-state index contributed by atoms with van der Waals surface area (Å²) >= 11 is 2.29. The maximum absolute atomic E-state index is 18.1. The summed E-state index contributed by atoms with van der Waals surface area (Å²) in [6.07, 6.45) is 19.2. The van der Waals surface area contributed by atoms with Crippen molar-refractivity contribution in [2.24, 2.45) is 0 Å². The van der Waals surface area contributed by atoms with E-state index in [2.05, 4.69) is 104 Å². The average molecular weight is 909 g/mol. The third-order valence-corrected chi connectivity index (χ3v) is 13.5. The first kappa shape index (κ1) is 38.6. The van der Waals surface area contributed by atoms with Crippen LogP contribution in [-0.4, -0.2) is 30.8 Å². The molecule has 8 aromatic rings. The highest BCUT2D eigenvalue weighted by atomic mass is 127. The Morgan fingerprint density at radius 2 is 1.15 bits per heavy atom. The molecule has 0 bridgehead atoms. The molecule has 61 heavy (non-hydrogen) atoms. The predicted molar refractivity (Wildman–Crippen MR) is 261 cm³/mol. The van der Waals surface area contributed by atoms with Gasteiger partial charge >= 0.3 is 6.97 Å². The molecular weight excluding hydrogens is 868 g/mol. The number of benzene rings is 5. The second-order valence-electron chi connectivity index (χ2n) is 16.0. The molecular formula is C53H40BF2IN4. The van der Waals surface area contributed by atoms with Gasteiger partial charge in [-0.15, -0.1) is 12.8 Å². The topological polar surface area (TPSA) is 17.8 Å². The Hall–Kier alpha value is -6.62. The molecule has 0 saturated carbocycles. The van der Waals surface area contributed by atoms with Crippen LogP contribution in [0.15, 0.2) is 132 Å². The predicted octanol–water partition coefficient (Wildman–Crippen LogP) is 12.9. The summed E-state index contributed by atoms with van der Waals surface area (Å²) < 4.78 is 44.2. The number of hydrogen-bond acceptors (Lipinski definition) is 0. The molecule has 0 unspecified atom stereocenters. The van der Waals surface area contributed by atoms with Gasteiger partial charge in [-0.2, -0.15) is 0 Å². The minimum absolute atomic E-state index is 0.454. The summed E-state index contributed by atoms with van der Waals surface area (Å²) in [6.45, 7) is 4.39. The van der Waals surface area contributed by atoms with Gasteiger partial charge in [-0.1, -0.05) is 78.6 Å². The summed E-state index contributed by atoms with van der Waals surface area (Å²) in [6, 6.07) is 37.1. The zero-order chi connectivity index (χ0) is 42.3. The van der Waals surface area contributed by atoms with Gasteiger partial charge in [-0.3, -0.25) is 0 Å². The Balaban J connectivity index is 1.15. The highest BCUT2D eigenvalue weighted by Gasteiger charge is 2.57. The van der Waals surface area contributed by atoms with E-state index in [0.29, 0.717) is 35.9 Å². The fourth-order valence-electron chi connectivity index (χ4n) is 9.72. The monoisotopic (exact) mass is 908 g/mol. The summed E-state index contributed by atoms with van der Waals surface area (Å²) in [5, 5.41) is 4.34. The molecule has 0 amide bonds. The van der Waals surface area contributed by atoms with Gasteiger partial charge < -0.3 is 26.7 Å². The van der Waals surface area contributed by atoms with Crippen molar-refractivity contribution in [2.45, 2.75) is 40.8 Å². The molecule has 0 fully saturated rings. The van der Waals surface area contributed by atoms with Crippen molar-refractivity contribution in [3.05, 3.63) is 175 Å². The van der Waals surface area contributed by atoms with Crippen LogP contribution in [-0.2, 0) is 13.1 Å². The van der Waals surface area contributed by atoms with Crippen molar-refractivity contribution in [1.29, 1.82) is 0 Å². The number of para-hydroxylation sites is 2. The van der Waals surface area contributed by atoms with Crippen molar-refractivity contribution in [1.82, 2.24) is 13.6 Å². The Labute approximate surface area is 367 Å². The summed E-state index contributed by atoms with van der Waals surface area (Å²) in [4.78, 5) is 0. The molecule has 2 aliphatic heterocycles. The minimum Gasteiger partial charge on any atom is -0.389 e. The SMILES string of the molecule is C#CCn1c2ccccc2c2cc(/C=C/C3=[N+]4C(=C(c5ccc(I)cc5)c5c(C)c(C)c(/C=C/c6ccc7c(c6)c6ccccc6n7CC#C)n5[B-]4(F)F)C(C)=C3C)ccc21. The van der Waals surface area contributed by atoms with E-state index in [1.807, 2.05) is 101 Å². The molecule has 0 spiro atoms. The van der Waals surface area contributed by atoms with E-state index in [1.54, 1.807) is 0 Å². The van der Waals surface area contributed by atoms with Gasteiger partial charge in [0.2, 0.25) is 0 Å². The van der Waals surface area contributed by atoms with Crippen molar-refractivity contribution in [3.8, 4) is 24.7 Å². The molecule has 0 N–H and O–H groups in total. The average Bonchev–Trinajstić information content (AvgIpc) is 3.92. The summed E-state index contributed by atoms with van der Waals surface area (Å²) in [5.74, 6) is 5.58. The second-order valence-corrected chi connectivity index (χ2v) is 17.3. The van der Waals surface area contributed by atoms with Gasteiger partial charge in [0.25, 0.3) is 0 Å². The molecule has 4 nitrogen and oxygen atoms in total. The largest absolute Gasteiger partial charge is 0.737 e. The molecule has 2 aliphatic rings. The molecule has 0 aliphatic carbocycles. The van der Waals surface area contributed by atoms with Gasteiger partial charge in [0.15, 0.2) is 11.4 Å². The number of allylic oxidation sites excluding steroid dienone is 3. The van der Waals surface area contributed by atoms with Crippen LogP contribution in [0, 0.1) is 42.1 Å². The number of terminal acetylenes is 2. The molecule has 3 aromatic heterocycles. The van der Waals surface area contributed by atoms with Gasteiger partial charge in [0.1, 0.15) is 0 Å². The van der Waals surface area contributed by atoms with E-state index < -0.39 is 6.97 Å². The molecule has 5 aromatic carbocycles. The van der Waals surface area contributed by atoms with Gasteiger partial charge in [-0.25, -0.2) is 0 Å². The fraction of sp³-hybridized carbons (Fsp3) is 0.113. The fourth-order valence-corrected chi connectivity index (χ4v) is 10.1. The number of hydrogen-bond donors (Lipinski definition) is 0. The van der Waals surface area contributed by atoms with Crippen molar-refractivity contribution in [2.75, 3.05) is 0 Å². The lowest BCUT2D eigenvalue weighted by molar-refractivity contribution is -0.362. The Kier molecular flexibility index (Phi) is 9.19. The Bertz CT molecular complexity index is 3460. The zero-order valence-corrected chi connectivity index (χ0v) is 36.4. The van der Waals surface area contributed by atoms with Gasteiger partial charge in [-0.05, 0) is 139 Å². The lowest BCUT2D eigenvalue weighted by Gasteiger charge is -2.34. The van der Waals surface area contributed by atoms with Crippen molar-refractivity contribution >= 4 is 103 Å². The first-order valence-corrected chi connectivity index (χ1v) is 21.4. The highest BCUT2D eigenvalue weighted by molar-refractivity contribution is 14.1. The lowest BCUT2D eigenvalue weighted by Crippen LogP contribution is -2.51. The normalized spacial score (nSPS) is 15.0. The standard InChI is InChI=1S/C53H40BF2IN4/c1-7-29-58-47-15-11-9-13-41(47)43-31-37(19-27-49(43)58)17-25-45-33(3)35(5)52-51(39-21-23-40(57)24-22-39)53-36(6)34(4)46(61(53)54(55,56)60(45)52)26-18-38-20-28-50-44(32-38)42-14-10-12-16-48(42)59(50)30-8-2/h1-2,9-28,31-32H,29-30H2,3-6H3/b25-17+,26-18+. The minimum atomic E-state index is -4.39. The van der Waals surface area contributed by atoms with Crippen molar-refractivity contribution in [3.63, 3.8) is 0 Å². The van der Waals surface area contributed by atoms with Gasteiger partial charge in [0, 0.05) is 64.8 Å². The summed E-state index contributed by atoms with van der Waals surface area (Å²) in [5.41, 5.74) is 13.1. The third-order valence-electron chi connectivity index (χ3n) is 12.8. The van der Waals surface area contributed by atoms with Crippen LogP contribution in [0.1, 0.15) is 53.1 Å². The maximum atomic E-state index is 18.1. The van der Waals surface area contributed by atoms with E-state index >= 15 is 8.63 Å². The zero-order valence-electron chi connectivity index (χ0n) is 34.3. The van der Waals surface area contributed by atoms with E-state index in [0.717, 1.165) is 91.7 Å². The van der Waals surface area contributed by atoms with Gasteiger partial charge in [0.05, 0.1) is 29.7 Å². The van der Waals surface area contributed by atoms with Crippen LogP contribution in [0.2, 0.25) is 0 Å². The van der Waals surface area contributed by atoms with E-state index in [-0.39, 0.29) is 0 Å². The molecule has 296 valence electrons. The number of nitrogens with zero attached hydrogens (tertiary/aromatic N) is 4. The van der Waals surface area contributed by atoms with E-state index in [4.69, 9.17) is 12.8 Å². The van der Waals surface area contributed by atoms with Crippen LogP contribution < -0.4 is 0 Å². The summed E-state index contributed by atoms with van der Waals surface area (Å²) in [7, 11) is 0. The number of halogens is 3. The molecule has 0 saturated heterocycles. The van der Waals surface area contributed by atoms with Crippen LogP contribution in [0.3, 0.4) is 0 Å². The second kappa shape index (κ2) is 14.5. The Morgan fingerprint density at radius 1 is 0.623 bits per heavy atom. The van der Waals surface area contributed by atoms with Crippen LogP contribution in [0.25, 0.3) is 67.4 Å². The molecule has 10 rings (SSSR count). The van der Waals surface area contributed by atoms with E-state index in [1.165, 1.54) is 8.96 Å². The number of fused-ring (bicyclic) bond motifs is 8.